The monoisotopic (exact) mass is 419 g/mol. The van der Waals surface area contributed by atoms with Crippen LogP contribution < -0.4 is 5.32 Å². The molecule has 0 aromatic heterocycles. The van der Waals surface area contributed by atoms with Gasteiger partial charge in [-0.1, -0.05) is 6.07 Å². The topological polar surface area (TPSA) is 72.5 Å². The molecule has 1 N–H and O–H groups in total. The third-order valence-electron chi connectivity index (χ3n) is 3.85. The zero-order valence-corrected chi connectivity index (χ0v) is 15.5. The summed E-state index contributed by atoms with van der Waals surface area (Å²) in [7, 11) is -2.19. The number of hydrogen-bond acceptors (Lipinski definition) is 4. The molecule has 0 heterocycles. The average molecular weight is 419 g/mol. The lowest BCUT2D eigenvalue weighted by Crippen LogP contribution is -2.24. The second kappa shape index (κ2) is 8.70. The Morgan fingerprint density at radius 2 is 1.75 bits per heavy atom. The Bertz CT molecular complexity index is 941. The molecule has 10 heteroatoms. The molecule has 0 atom stereocenters. The summed E-state index contributed by atoms with van der Waals surface area (Å²) in [6.45, 7) is -0.453. The van der Waals surface area contributed by atoms with Gasteiger partial charge in [-0.2, -0.15) is 13.2 Å². The Hall–Kier alpha value is -2.46. The summed E-state index contributed by atoms with van der Waals surface area (Å²) in [6.07, 6.45) is -4.76. The quantitative estimate of drug-likeness (QED) is 0.700. The number of benzene rings is 2. The van der Waals surface area contributed by atoms with Crippen molar-refractivity contribution in [3.8, 4) is 0 Å². The molecular formula is C18H17F4NO4S. The summed E-state index contributed by atoms with van der Waals surface area (Å²) in [5.74, 6) is -1.95. The summed E-state index contributed by atoms with van der Waals surface area (Å²) in [6, 6.07) is 7.16. The van der Waals surface area contributed by atoms with E-state index in [1.165, 1.54) is 31.4 Å². The minimum Gasteiger partial charge on any atom is -0.384 e. The van der Waals surface area contributed by atoms with Crippen molar-refractivity contribution in [3.05, 3.63) is 65.0 Å². The van der Waals surface area contributed by atoms with Gasteiger partial charge in [-0.25, -0.2) is 12.8 Å². The summed E-state index contributed by atoms with van der Waals surface area (Å²) in [5.41, 5.74) is -1.39. The first-order valence-electron chi connectivity index (χ1n) is 8.00. The molecule has 0 saturated heterocycles. The SMILES string of the molecule is COCCS(=O)(=O)c1ccc(C(=O)NCc2ccc(F)cc2C(F)(F)F)cc1. The minimum absolute atomic E-state index is 0.000933. The Morgan fingerprint density at radius 3 is 2.32 bits per heavy atom. The highest BCUT2D eigenvalue weighted by Crippen LogP contribution is 2.32. The molecule has 2 rings (SSSR count). The second-order valence-electron chi connectivity index (χ2n) is 5.82. The van der Waals surface area contributed by atoms with Gasteiger partial charge in [-0.3, -0.25) is 4.79 Å². The standard InChI is InChI=1S/C18H17F4NO4S/c1-27-8-9-28(25,26)15-6-3-12(4-7-15)17(24)23-11-13-2-5-14(19)10-16(13)18(20,21)22/h2-7,10H,8-9,11H2,1H3,(H,23,24). The molecule has 152 valence electrons. The van der Waals surface area contributed by atoms with E-state index in [1.807, 2.05) is 0 Å². The Kier molecular flexibility index (Phi) is 6.78. The number of halogens is 4. The average Bonchev–Trinajstić information content (AvgIpc) is 2.64. The number of hydrogen-bond donors (Lipinski definition) is 1. The zero-order valence-electron chi connectivity index (χ0n) is 14.7. The maximum absolute atomic E-state index is 13.1. The molecular weight excluding hydrogens is 402 g/mol. The number of sulfone groups is 1. The predicted molar refractivity (Wildman–Crippen MR) is 92.9 cm³/mol. The Balaban J connectivity index is 2.11. The molecule has 0 aliphatic heterocycles. The van der Waals surface area contributed by atoms with Gasteiger partial charge in [-0.15, -0.1) is 0 Å². The van der Waals surface area contributed by atoms with E-state index in [1.54, 1.807) is 0 Å². The number of rotatable bonds is 7. The lowest BCUT2D eigenvalue weighted by molar-refractivity contribution is -0.138. The van der Waals surface area contributed by atoms with E-state index in [4.69, 9.17) is 4.74 Å². The fourth-order valence-electron chi connectivity index (χ4n) is 2.37. The highest BCUT2D eigenvalue weighted by Gasteiger charge is 2.33. The molecule has 1 amide bonds. The number of amides is 1. The molecule has 0 unspecified atom stereocenters. The van der Waals surface area contributed by atoms with Crippen LogP contribution in [0.1, 0.15) is 21.5 Å². The first kappa shape index (κ1) is 21.8. The maximum atomic E-state index is 13.1. The van der Waals surface area contributed by atoms with Crippen molar-refractivity contribution in [2.24, 2.45) is 0 Å². The van der Waals surface area contributed by atoms with Gasteiger partial charge in [-0.05, 0) is 42.0 Å². The molecule has 0 radical (unpaired) electrons. The van der Waals surface area contributed by atoms with Crippen molar-refractivity contribution < 1.29 is 35.5 Å². The minimum atomic E-state index is -4.76. The van der Waals surface area contributed by atoms with E-state index >= 15 is 0 Å². The van der Waals surface area contributed by atoms with E-state index < -0.39 is 39.8 Å². The summed E-state index contributed by atoms with van der Waals surface area (Å²) >= 11 is 0. The third kappa shape index (κ3) is 5.52. The van der Waals surface area contributed by atoms with Gasteiger partial charge in [0.2, 0.25) is 0 Å². The molecule has 0 bridgehead atoms. The van der Waals surface area contributed by atoms with E-state index in [0.29, 0.717) is 6.07 Å². The predicted octanol–water partition coefficient (Wildman–Crippen LogP) is 3.19. The van der Waals surface area contributed by atoms with Crippen LogP contribution in [0.15, 0.2) is 47.4 Å². The Morgan fingerprint density at radius 1 is 1.11 bits per heavy atom. The molecule has 0 saturated carbocycles. The smallest absolute Gasteiger partial charge is 0.384 e. The van der Waals surface area contributed by atoms with Crippen molar-refractivity contribution in [3.63, 3.8) is 0 Å². The third-order valence-corrected chi connectivity index (χ3v) is 5.54. The van der Waals surface area contributed by atoms with Crippen LogP contribution in [0.25, 0.3) is 0 Å². The molecule has 2 aromatic carbocycles. The molecule has 0 aliphatic rings. The number of nitrogens with one attached hydrogen (secondary N) is 1. The van der Waals surface area contributed by atoms with Crippen LogP contribution in [0.3, 0.4) is 0 Å². The first-order valence-corrected chi connectivity index (χ1v) is 9.65. The second-order valence-corrected chi connectivity index (χ2v) is 7.93. The van der Waals surface area contributed by atoms with Crippen molar-refractivity contribution in [2.45, 2.75) is 17.6 Å². The van der Waals surface area contributed by atoms with E-state index in [2.05, 4.69) is 5.32 Å². The van der Waals surface area contributed by atoms with E-state index in [9.17, 15) is 30.8 Å². The lowest BCUT2D eigenvalue weighted by Gasteiger charge is -2.13. The van der Waals surface area contributed by atoms with Gasteiger partial charge in [0.1, 0.15) is 5.82 Å². The largest absolute Gasteiger partial charge is 0.416 e. The molecule has 0 fully saturated rings. The molecule has 2 aromatic rings. The molecule has 28 heavy (non-hydrogen) atoms. The summed E-state index contributed by atoms with van der Waals surface area (Å²) in [4.78, 5) is 12.1. The molecule has 0 spiro atoms. The summed E-state index contributed by atoms with van der Waals surface area (Å²) in [5, 5.41) is 2.31. The fraction of sp³-hybridized carbons (Fsp3) is 0.278. The number of carbonyl (C=O) groups excluding carboxylic acids is 1. The van der Waals surface area contributed by atoms with Crippen molar-refractivity contribution in [1.82, 2.24) is 5.32 Å². The first-order chi connectivity index (χ1) is 13.0. The molecule has 5 nitrogen and oxygen atoms in total. The summed E-state index contributed by atoms with van der Waals surface area (Å²) < 4.78 is 80.8. The number of methoxy groups -OCH3 is 1. The van der Waals surface area contributed by atoms with Gasteiger partial charge >= 0.3 is 6.18 Å². The highest BCUT2D eigenvalue weighted by molar-refractivity contribution is 7.91. The van der Waals surface area contributed by atoms with Crippen molar-refractivity contribution in [2.75, 3.05) is 19.5 Å². The van der Waals surface area contributed by atoms with Crippen LogP contribution in [0.5, 0.6) is 0 Å². The van der Waals surface area contributed by atoms with Crippen LogP contribution in [-0.2, 0) is 27.3 Å². The fourth-order valence-corrected chi connectivity index (χ4v) is 3.54. The number of carbonyl (C=O) groups is 1. The van der Waals surface area contributed by atoms with Gasteiger partial charge in [0.25, 0.3) is 5.91 Å². The van der Waals surface area contributed by atoms with Gasteiger partial charge in [0, 0.05) is 19.2 Å². The maximum Gasteiger partial charge on any atom is 0.416 e. The van der Waals surface area contributed by atoms with Gasteiger partial charge in [0.05, 0.1) is 22.8 Å². The van der Waals surface area contributed by atoms with Crippen LogP contribution >= 0.6 is 0 Å². The van der Waals surface area contributed by atoms with Crippen LogP contribution in [0, 0.1) is 5.82 Å². The number of ether oxygens (including phenoxy) is 1. The van der Waals surface area contributed by atoms with Gasteiger partial charge in [0.15, 0.2) is 9.84 Å². The number of alkyl halides is 3. The Labute approximate surface area is 159 Å². The van der Waals surface area contributed by atoms with Crippen LogP contribution in [0.4, 0.5) is 17.6 Å². The van der Waals surface area contributed by atoms with Gasteiger partial charge < -0.3 is 10.1 Å². The molecule has 0 aliphatic carbocycles. The zero-order chi connectivity index (χ0) is 20.9. The van der Waals surface area contributed by atoms with Crippen LogP contribution in [0.2, 0.25) is 0 Å². The van der Waals surface area contributed by atoms with Crippen molar-refractivity contribution in [1.29, 1.82) is 0 Å². The highest BCUT2D eigenvalue weighted by atomic mass is 32.2. The van der Waals surface area contributed by atoms with Crippen molar-refractivity contribution >= 4 is 15.7 Å². The lowest BCUT2D eigenvalue weighted by atomic mass is 10.1. The van der Waals surface area contributed by atoms with Crippen LogP contribution in [-0.4, -0.2) is 33.8 Å². The van der Waals surface area contributed by atoms with E-state index in [0.717, 1.165) is 12.1 Å². The normalized spacial score (nSPS) is 12.0. The van der Waals surface area contributed by atoms with E-state index in [-0.39, 0.29) is 28.4 Å².